The van der Waals surface area contributed by atoms with Gasteiger partial charge in [0.05, 0.1) is 6.61 Å². The summed E-state index contributed by atoms with van der Waals surface area (Å²) in [6.07, 6.45) is 3.33. The Bertz CT molecular complexity index is 632. The van der Waals surface area contributed by atoms with Gasteiger partial charge in [-0.05, 0) is 75.9 Å². The van der Waals surface area contributed by atoms with E-state index in [0.29, 0.717) is 18.4 Å². The Morgan fingerprint density at radius 3 is 2.69 bits per heavy atom. The Balaban J connectivity index is 1.46. The first-order chi connectivity index (χ1) is 12.4. The van der Waals surface area contributed by atoms with Gasteiger partial charge in [0.15, 0.2) is 0 Å². The predicted octanol–water partition coefficient (Wildman–Crippen LogP) is 4.83. The smallest absolute Gasteiger partial charge is 0.410 e. The molecule has 2 saturated heterocycles. The molecule has 1 atom stereocenters. The highest BCUT2D eigenvalue weighted by Gasteiger charge is 2.31. The fraction of sp³-hybridized carbons (Fsp3) is 0.650. The zero-order valence-electron chi connectivity index (χ0n) is 15.6. The van der Waals surface area contributed by atoms with Gasteiger partial charge in [0.1, 0.15) is 0 Å². The van der Waals surface area contributed by atoms with Crippen LogP contribution in [-0.2, 0) is 11.2 Å². The summed E-state index contributed by atoms with van der Waals surface area (Å²) in [5, 5.41) is 0.808. The number of nitrogens with zero attached hydrogens (tertiary/aromatic N) is 2. The van der Waals surface area contributed by atoms with E-state index in [1.807, 2.05) is 30.9 Å². The molecule has 0 bridgehead atoms. The highest BCUT2D eigenvalue weighted by atomic mass is 79.9. The van der Waals surface area contributed by atoms with Crippen LogP contribution in [0.25, 0.3) is 0 Å². The number of likely N-dealkylation sites (tertiary alicyclic amines) is 1. The van der Waals surface area contributed by atoms with Crippen LogP contribution in [0.1, 0.15) is 32.3 Å². The van der Waals surface area contributed by atoms with Crippen LogP contribution in [-0.4, -0.2) is 54.7 Å². The number of hydrogen-bond acceptors (Lipinski definition) is 3. The Morgan fingerprint density at radius 2 is 2.00 bits per heavy atom. The number of rotatable bonds is 5. The maximum absolute atomic E-state index is 11.8. The van der Waals surface area contributed by atoms with Crippen molar-refractivity contribution < 1.29 is 9.53 Å². The summed E-state index contributed by atoms with van der Waals surface area (Å²) in [4.78, 5) is 16.2. The largest absolute Gasteiger partial charge is 0.449 e. The van der Waals surface area contributed by atoms with Crippen molar-refractivity contribution in [2.24, 2.45) is 11.8 Å². The fourth-order valence-corrected chi connectivity index (χ4v) is 4.56. The van der Waals surface area contributed by atoms with Gasteiger partial charge in [0.25, 0.3) is 0 Å². The van der Waals surface area contributed by atoms with Crippen molar-refractivity contribution in [3.8, 4) is 0 Å². The lowest BCUT2D eigenvalue weighted by Gasteiger charge is -2.39. The van der Waals surface area contributed by atoms with Gasteiger partial charge in [0.2, 0.25) is 0 Å². The van der Waals surface area contributed by atoms with Crippen LogP contribution in [0.4, 0.5) is 4.79 Å². The van der Waals surface area contributed by atoms with Crippen LogP contribution in [0.5, 0.6) is 0 Å². The SMILES string of the molecule is CC(C)N1CC(CN2CCC(Cc3cc(Cl)ccc3Br)CC2)COC1=O. The molecule has 0 aromatic heterocycles. The predicted molar refractivity (Wildman–Crippen MR) is 109 cm³/mol. The van der Waals surface area contributed by atoms with E-state index < -0.39 is 0 Å². The average Bonchev–Trinajstić information content (AvgIpc) is 2.61. The van der Waals surface area contributed by atoms with Gasteiger partial charge in [0, 0.05) is 34.5 Å². The van der Waals surface area contributed by atoms with Crippen molar-refractivity contribution in [1.29, 1.82) is 0 Å². The second-order valence-electron chi connectivity index (χ2n) is 7.87. The van der Waals surface area contributed by atoms with Gasteiger partial charge in [-0.25, -0.2) is 4.79 Å². The highest BCUT2D eigenvalue weighted by Crippen LogP contribution is 2.28. The van der Waals surface area contributed by atoms with Gasteiger partial charge < -0.3 is 14.5 Å². The number of hydrogen-bond donors (Lipinski definition) is 0. The normalized spacial score (nSPS) is 22.7. The molecular weight excluding hydrogens is 416 g/mol. The first-order valence-electron chi connectivity index (χ1n) is 9.52. The molecule has 0 aliphatic carbocycles. The quantitative estimate of drug-likeness (QED) is 0.653. The topological polar surface area (TPSA) is 32.8 Å². The van der Waals surface area contributed by atoms with Crippen molar-refractivity contribution in [3.05, 3.63) is 33.3 Å². The molecule has 1 aromatic rings. The number of carbonyl (C=O) groups excluding carboxylic acids is 1. The number of ether oxygens (including phenoxy) is 1. The van der Waals surface area contributed by atoms with Crippen LogP contribution in [0.15, 0.2) is 22.7 Å². The standard InChI is InChI=1S/C20H28BrClN2O2/c1-14(2)24-12-16(13-26-20(24)25)11-23-7-5-15(6-8-23)9-17-10-18(22)3-4-19(17)21/h3-4,10,14-16H,5-9,11-13H2,1-2H3. The van der Waals surface area contributed by atoms with Crippen LogP contribution in [0.2, 0.25) is 5.02 Å². The Hall–Kier alpha value is -0.780. The maximum atomic E-state index is 11.8. The first kappa shape index (κ1) is 20.0. The zero-order chi connectivity index (χ0) is 18.7. The number of cyclic esters (lactones) is 1. The average molecular weight is 444 g/mol. The molecule has 0 saturated carbocycles. The Morgan fingerprint density at radius 1 is 1.27 bits per heavy atom. The summed E-state index contributed by atoms with van der Waals surface area (Å²) in [6, 6.07) is 6.24. The number of benzene rings is 1. The van der Waals surface area contributed by atoms with Gasteiger partial charge >= 0.3 is 6.09 Å². The van der Waals surface area contributed by atoms with E-state index in [2.05, 4.69) is 26.9 Å². The van der Waals surface area contributed by atoms with E-state index >= 15 is 0 Å². The highest BCUT2D eigenvalue weighted by molar-refractivity contribution is 9.10. The molecule has 144 valence electrons. The molecule has 2 fully saturated rings. The molecule has 0 spiro atoms. The van der Waals surface area contributed by atoms with Crippen LogP contribution >= 0.6 is 27.5 Å². The molecule has 3 rings (SSSR count). The van der Waals surface area contributed by atoms with Gasteiger partial charge in [-0.1, -0.05) is 27.5 Å². The van der Waals surface area contributed by atoms with Crippen LogP contribution < -0.4 is 0 Å². The van der Waals surface area contributed by atoms with Crippen LogP contribution in [0.3, 0.4) is 0 Å². The number of halogens is 2. The number of piperidine rings is 1. The molecule has 1 unspecified atom stereocenters. The summed E-state index contributed by atoms with van der Waals surface area (Å²) < 4.78 is 6.53. The summed E-state index contributed by atoms with van der Waals surface area (Å²) in [7, 11) is 0. The van der Waals surface area contributed by atoms with Crippen molar-refractivity contribution in [1.82, 2.24) is 9.80 Å². The summed E-state index contributed by atoms with van der Waals surface area (Å²) >= 11 is 9.78. The monoisotopic (exact) mass is 442 g/mol. The van der Waals surface area contributed by atoms with E-state index in [9.17, 15) is 4.79 Å². The van der Waals surface area contributed by atoms with E-state index in [4.69, 9.17) is 16.3 Å². The van der Waals surface area contributed by atoms with Crippen molar-refractivity contribution >= 4 is 33.6 Å². The minimum absolute atomic E-state index is 0.165. The summed E-state index contributed by atoms with van der Waals surface area (Å²) in [6.45, 7) is 8.71. The minimum atomic E-state index is -0.165. The van der Waals surface area contributed by atoms with Gasteiger partial charge in [-0.15, -0.1) is 0 Å². The number of carbonyl (C=O) groups is 1. The molecule has 0 radical (unpaired) electrons. The third kappa shape index (κ3) is 5.14. The third-order valence-corrected chi connectivity index (χ3v) is 6.50. The second-order valence-corrected chi connectivity index (χ2v) is 9.16. The lowest BCUT2D eigenvalue weighted by atomic mass is 9.89. The minimum Gasteiger partial charge on any atom is -0.449 e. The van der Waals surface area contributed by atoms with Crippen molar-refractivity contribution in [2.75, 3.05) is 32.8 Å². The molecule has 0 N–H and O–H groups in total. The molecule has 6 heteroatoms. The molecule has 2 aliphatic heterocycles. The third-order valence-electron chi connectivity index (χ3n) is 5.50. The molecular formula is C20H28BrClN2O2. The van der Waals surface area contributed by atoms with Gasteiger partial charge in [-0.3, -0.25) is 0 Å². The van der Waals surface area contributed by atoms with E-state index in [-0.39, 0.29) is 12.1 Å². The van der Waals surface area contributed by atoms with Gasteiger partial charge in [-0.2, -0.15) is 0 Å². The Kier molecular flexibility index (Phi) is 6.87. The lowest BCUT2D eigenvalue weighted by molar-refractivity contribution is 0.0171. The molecule has 1 amide bonds. The summed E-state index contributed by atoms with van der Waals surface area (Å²) in [5.74, 6) is 1.12. The zero-order valence-corrected chi connectivity index (χ0v) is 17.9. The lowest BCUT2D eigenvalue weighted by Crippen LogP contribution is -2.50. The number of amides is 1. The first-order valence-corrected chi connectivity index (χ1v) is 10.7. The second kappa shape index (κ2) is 8.94. The molecule has 1 aromatic carbocycles. The Labute approximate surface area is 169 Å². The fourth-order valence-electron chi connectivity index (χ4n) is 3.96. The molecule has 2 aliphatic rings. The van der Waals surface area contributed by atoms with Crippen molar-refractivity contribution in [3.63, 3.8) is 0 Å². The molecule has 26 heavy (non-hydrogen) atoms. The van der Waals surface area contributed by atoms with E-state index in [1.165, 1.54) is 18.4 Å². The van der Waals surface area contributed by atoms with Crippen molar-refractivity contribution in [2.45, 2.75) is 39.2 Å². The molecule has 4 nitrogen and oxygen atoms in total. The van der Waals surface area contributed by atoms with Crippen LogP contribution in [0, 0.1) is 11.8 Å². The molecule has 2 heterocycles. The van der Waals surface area contributed by atoms with E-state index in [0.717, 1.165) is 42.1 Å². The van der Waals surface area contributed by atoms with E-state index in [1.54, 1.807) is 0 Å². The summed E-state index contributed by atoms with van der Waals surface area (Å²) in [5.41, 5.74) is 1.31. The maximum Gasteiger partial charge on any atom is 0.410 e.